The molecule has 0 bridgehead atoms. The first kappa shape index (κ1) is 19.1. The van der Waals surface area contributed by atoms with Crippen molar-refractivity contribution >= 4 is 33.7 Å². The van der Waals surface area contributed by atoms with Crippen molar-refractivity contribution in [2.24, 2.45) is 0 Å². The van der Waals surface area contributed by atoms with Crippen LogP contribution in [-0.4, -0.2) is 42.1 Å². The van der Waals surface area contributed by atoms with Gasteiger partial charge in [-0.3, -0.25) is 4.79 Å². The molecule has 0 radical (unpaired) electrons. The maximum atomic E-state index is 12.4. The van der Waals surface area contributed by atoms with Crippen LogP contribution < -0.4 is 5.32 Å². The fourth-order valence-corrected chi connectivity index (χ4v) is 4.98. The Labute approximate surface area is 173 Å². The fourth-order valence-electron chi connectivity index (χ4n) is 3.15. The van der Waals surface area contributed by atoms with Gasteiger partial charge >= 0.3 is 0 Å². The second-order valence-corrected chi connectivity index (χ2v) is 8.78. The highest BCUT2D eigenvalue weighted by atomic mass is 32.1. The Hall–Kier alpha value is -2.22. The zero-order valence-electron chi connectivity index (χ0n) is 15.8. The van der Waals surface area contributed by atoms with Gasteiger partial charge in [0.05, 0.1) is 36.2 Å². The zero-order chi connectivity index (χ0) is 19.3. The molecular formula is C21H23N3O2S2. The Kier molecular flexibility index (Phi) is 6.04. The summed E-state index contributed by atoms with van der Waals surface area (Å²) in [6.45, 7) is 4.79. The summed E-state index contributed by atoms with van der Waals surface area (Å²) in [7, 11) is 0. The monoisotopic (exact) mass is 413 g/mol. The van der Waals surface area contributed by atoms with E-state index in [9.17, 15) is 4.79 Å². The highest BCUT2D eigenvalue weighted by molar-refractivity contribution is 7.17. The van der Waals surface area contributed by atoms with E-state index in [0.717, 1.165) is 20.6 Å². The Morgan fingerprint density at radius 2 is 2.00 bits per heavy atom. The predicted octanol–water partition coefficient (Wildman–Crippen LogP) is 4.45. The number of benzene rings is 1. The molecule has 1 aliphatic rings. The summed E-state index contributed by atoms with van der Waals surface area (Å²) in [5.41, 5.74) is 2.20. The lowest BCUT2D eigenvalue weighted by atomic mass is 10.1. The number of hydrogen-bond acceptors (Lipinski definition) is 6. The van der Waals surface area contributed by atoms with Gasteiger partial charge in [-0.15, -0.1) is 22.7 Å². The van der Waals surface area contributed by atoms with Gasteiger partial charge in [0, 0.05) is 23.3 Å². The van der Waals surface area contributed by atoms with Crippen molar-refractivity contribution in [1.82, 2.24) is 9.88 Å². The summed E-state index contributed by atoms with van der Waals surface area (Å²) >= 11 is 3.25. The molecule has 4 rings (SSSR count). The van der Waals surface area contributed by atoms with Gasteiger partial charge in [-0.05, 0) is 24.6 Å². The van der Waals surface area contributed by atoms with Crippen LogP contribution in [0.5, 0.6) is 0 Å². The van der Waals surface area contributed by atoms with Crippen LogP contribution in [0.2, 0.25) is 0 Å². The molecule has 0 unspecified atom stereocenters. The van der Waals surface area contributed by atoms with Gasteiger partial charge in [0.1, 0.15) is 0 Å². The smallest absolute Gasteiger partial charge is 0.227 e. The summed E-state index contributed by atoms with van der Waals surface area (Å²) in [6, 6.07) is 14.6. The number of thiophene rings is 1. The van der Waals surface area contributed by atoms with Gasteiger partial charge in [0.25, 0.3) is 0 Å². The third kappa shape index (κ3) is 4.60. The van der Waals surface area contributed by atoms with E-state index in [1.807, 2.05) is 29.2 Å². The molecule has 1 atom stereocenters. The summed E-state index contributed by atoms with van der Waals surface area (Å²) < 4.78 is 5.32. The molecule has 1 aromatic carbocycles. The van der Waals surface area contributed by atoms with E-state index in [0.29, 0.717) is 32.7 Å². The predicted molar refractivity (Wildman–Crippen MR) is 115 cm³/mol. The number of thiazole rings is 1. The minimum atomic E-state index is 0.175. The van der Waals surface area contributed by atoms with Crippen LogP contribution in [0.3, 0.4) is 0 Å². The lowest BCUT2D eigenvalue weighted by Crippen LogP contribution is -2.41. The normalized spacial score (nSPS) is 15.4. The second-order valence-electron chi connectivity index (χ2n) is 6.75. The van der Waals surface area contributed by atoms with Crippen LogP contribution in [0.4, 0.5) is 5.13 Å². The number of amides is 1. The number of carbonyl (C=O) groups is 1. The quantitative estimate of drug-likeness (QED) is 0.649. The number of ether oxygens (including phenoxy) is 1. The molecule has 1 N–H and O–H groups in total. The van der Waals surface area contributed by atoms with Crippen molar-refractivity contribution in [3.8, 4) is 10.6 Å². The van der Waals surface area contributed by atoms with Crippen LogP contribution in [-0.2, 0) is 16.0 Å². The third-order valence-electron chi connectivity index (χ3n) is 4.75. The first-order valence-electron chi connectivity index (χ1n) is 9.40. The minimum Gasteiger partial charge on any atom is -0.378 e. The van der Waals surface area contributed by atoms with Crippen molar-refractivity contribution in [3.05, 3.63) is 58.3 Å². The molecule has 1 amide bonds. The number of hydrogen-bond donors (Lipinski definition) is 1. The maximum absolute atomic E-state index is 12.4. The molecule has 5 nitrogen and oxygen atoms in total. The number of morpholine rings is 1. The Bertz CT molecular complexity index is 917. The molecule has 146 valence electrons. The van der Waals surface area contributed by atoms with Crippen LogP contribution in [0.1, 0.15) is 23.4 Å². The van der Waals surface area contributed by atoms with E-state index in [2.05, 4.69) is 35.8 Å². The van der Waals surface area contributed by atoms with E-state index in [1.165, 1.54) is 5.56 Å². The van der Waals surface area contributed by atoms with E-state index in [1.54, 1.807) is 22.7 Å². The topological polar surface area (TPSA) is 54.5 Å². The van der Waals surface area contributed by atoms with Gasteiger partial charge in [-0.25, -0.2) is 4.98 Å². The second kappa shape index (κ2) is 8.86. The molecular weight excluding hydrogens is 390 g/mol. The fraction of sp³-hybridized carbons (Fsp3) is 0.333. The van der Waals surface area contributed by atoms with Crippen molar-refractivity contribution in [2.45, 2.75) is 19.4 Å². The van der Waals surface area contributed by atoms with Gasteiger partial charge < -0.3 is 15.0 Å². The molecule has 1 aliphatic heterocycles. The summed E-state index contributed by atoms with van der Waals surface area (Å²) in [5, 5.41) is 6.45. The first-order valence-corrected chi connectivity index (χ1v) is 11.1. The molecule has 0 aliphatic carbocycles. The Morgan fingerprint density at radius 1 is 1.21 bits per heavy atom. The molecule has 3 aromatic rings. The number of rotatable bonds is 6. The Morgan fingerprint density at radius 3 is 2.79 bits per heavy atom. The zero-order valence-corrected chi connectivity index (χ0v) is 17.4. The Balaban J connectivity index is 1.38. The standard InChI is InChI=1S/C21H23N3O2S2/c1-15(16-5-3-2-4-6-16)22-21-23-18(14-27-21)19-8-7-17(28-19)13-20(25)24-9-11-26-12-10-24/h2-8,14-15H,9-13H2,1H3,(H,22,23)/t15-/m0/s1. The molecule has 2 aromatic heterocycles. The average Bonchev–Trinajstić information content (AvgIpc) is 3.39. The maximum Gasteiger partial charge on any atom is 0.227 e. The van der Waals surface area contributed by atoms with E-state index >= 15 is 0 Å². The van der Waals surface area contributed by atoms with Crippen LogP contribution in [0.25, 0.3) is 10.6 Å². The first-order chi connectivity index (χ1) is 13.7. The number of anilines is 1. The molecule has 28 heavy (non-hydrogen) atoms. The van der Waals surface area contributed by atoms with Crippen LogP contribution in [0, 0.1) is 0 Å². The third-order valence-corrected chi connectivity index (χ3v) is 6.63. The van der Waals surface area contributed by atoms with Crippen molar-refractivity contribution in [1.29, 1.82) is 0 Å². The summed E-state index contributed by atoms with van der Waals surface area (Å²) in [6.07, 6.45) is 0.449. The lowest BCUT2D eigenvalue weighted by molar-refractivity contribution is -0.134. The number of carbonyl (C=O) groups excluding carboxylic acids is 1. The van der Waals surface area contributed by atoms with E-state index in [4.69, 9.17) is 9.72 Å². The molecule has 1 fully saturated rings. The molecule has 0 spiro atoms. The van der Waals surface area contributed by atoms with Crippen LogP contribution in [0.15, 0.2) is 47.8 Å². The van der Waals surface area contributed by atoms with Crippen molar-refractivity contribution in [3.63, 3.8) is 0 Å². The average molecular weight is 414 g/mol. The van der Waals surface area contributed by atoms with E-state index in [-0.39, 0.29) is 11.9 Å². The molecule has 3 heterocycles. The lowest BCUT2D eigenvalue weighted by Gasteiger charge is -2.26. The van der Waals surface area contributed by atoms with Gasteiger partial charge in [0.2, 0.25) is 5.91 Å². The number of nitrogens with zero attached hydrogens (tertiary/aromatic N) is 2. The van der Waals surface area contributed by atoms with Crippen molar-refractivity contribution < 1.29 is 9.53 Å². The highest BCUT2D eigenvalue weighted by Crippen LogP contribution is 2.32. The molecule has 7 heteroatoms. The van der Waals surface area contributed by atoms with Crippen LogP contribution >= 0.6 is 22.7 Å². The number of aromatic nitrogens is 1. The van der Waals surface area contributed by atoms with Gasteiger partial charge in [0.15, 0.2) is 5.13 Å². The largest absolute Gasteiger partial charge is 0.378 e. The van der Waals surface area contributed by atoms with E-state index < -0.39 is 0 Å². The summed E-state index contributed by atoms with van der Waals surface area (Å²) in [5.74, 6) is 0.175. The van der Waals surface area contributed by atoms with Gasteiger partial charge in [-0.1, -0.05) is 30.3 Å². The molecule has 1 saturated heterocycles. The minimum absolute atomic E-state index is 0.175. The van der Waals surface area contributed by atoms with Crippen molar-refractivity contribution in [2.75, 3.05) is 31.6 Å². The highest BCUT2D eigenvalue weighted by Gasteiger charge is 2.18. The van der Waals surface area contributed by atoms with Gasteiger partial charge in [-0.2, -0.15) is 0 Å². The number of nitrogens with one attached hydrogen (secondary N) is 1. The SMILES string of the molecule is C[C@H](Nc1nc(-c2ccc(CC(=O)N3CCOCC3)s2)cs1)c1ccccc1. The summed E-state index contributed by atoms with van der Waals surface area (Å²) in [4.78, 5) is 21.2. The molecule has 0 saturated carbocycles.